The number of nitrogens with one attached hydrogen (secondary N) is 3. The predicted octanol–water partition coefficient (Wildman–Crippen LogP) is 5.29. The Bertz CT molecular complexity index is 2350. The smallest absolute Gasteiger partial charge is 0.329 e. The largest absolute Gasteiger partial charge is 0.451 e. The lowest BCUT2D eigenvalue weighted by molar-refractivity contribution is -0.163. The summed E-state index contributed by atoms with van der Waals surface area (Å²) >= 11 is 0. The van der Waals surface area contributed by atoms with Gasteiger partial charge in [0.15, 0.2) is 6.10 Å². The van der Waals surface area contributed by atoms with Crippen LogP contribution in [0.4, 0.5) is 0 Å². The number of carbonyl (C=O) groups excluding carboxylic acids is 7. The third kappa shape index (κ3) is 15.1. The highest BCUT2D eigenvalue weighted by molar-refractivity contribution is 5.98. The van der Waals surface area contributed by atoms with Crippen LogP contribution in [-0.4, -0.2) is 129 Å². The number of nitrogens with zero attached hydrogens (tertiary/aromatic N) is 6. The molecule has 18 nitrogen and oxygen atoms in total. The maximum absolute atomic E-state index is 15.2. The van der Waals surface area contributed by atoms with Crippen LogP contribution in [0.1, 0.15) is 124 Å². The van der Waals surface area contributed by atoms with Gasteiger partial charge in [0.25, 0.3) is 5.91 Å². The number of nitriles is 1. The van der Waals surface area contributed by atoms with E-state index in [1.165, 1.54) is 37.9 Å². The minimum absolute atomic E-state index is 0.000994. The van der Waals surface area contributed by atoms with Crippen molar-refractivity contribution < 1.29 is 42.8 Å². The number of rotatable bonds is 15. The standard InChI is InChI=1S/C52H77N9O9/c1-30(2)20-21-39-49(65)60(13)44(27-36-28-61(29-37-26-34(9)70-57-37)42-18-15-14-17-38(36)42)47(63)55-40(23-31(3)4)50(66)58(11)35(10)52(68)69-45(19-16-22-53)48(64)56-41(24-32(5)6)51(67)59(12)43(25-33(7)8)46(62)54-39/h14-15,17-18,26,28,30-33,35,39-41,43-45H,16,19-21,23-25,27,29H2,1-13H3,(H,54,62)(H,55,63)(H,56,64)/t35-,39-,40-,41-,43-,44-,45+/m0/s1. The molecule has 0 spiro atoms. The van der Waals surface area contributed by atoms with E-state index >= 15 is 9.59 Å². The van der Waals surface area contributed by atoms with Crippen molar-refractivity contribution in [1.82, 2.24) is 40.4 Å². The van der Waals surface area contributed by atoms with Crippen molar-refractivity contribution in [3.05, 3.63) is 53.5 Å². The lowest BCUT2D eigenvalue weighted by Crippen LogP contribution is -2.60. The first-order valence-electron chi connectivity index (χ1n) is 24.7. The fourth-order valence-corrected chi connectivity index (χ4v) is 8.80. The zero-order valence-electron chi connectivity index (χ0n) is 43.5. The molecule has 0 unspecified atom stereocenters. The second-order valence-electron chi connectivity index (χ2n) is 20.7. The Morgan fingerprint density at radius 3 is 1.81 bits per heavy atom. The molecule has 0 radical (unpaired) electrons. The van der Waals surface area contributed by atoms with E-state index in [2.05, 4.69) is 21.1 Å². The van der Waals surface area contributed by atoms with Crippen molar-refractivity contribution in [2.24, 2.45) is 23.7 Å². The van der Waals surface area contributed by atoms with Gasteiger partial charge < -0.3 is 44.5 Å². The van der Waals surface area contributed by atoms with Gasteiger partial charge in [-0.1, -0.05) is 78.7 Å². The number of amides is 6. The number of esters is 1. The van der Waals surface area contributed by atoms with Gasteiger partial charge in [0.1, 0.15) is 47.7 Å². The number of cyclic esters (lactones) is 1. The molecule has 3 N–H and O–H groups in total. The average Bonchev–Trinajstić information content (AvgIpc) is 3.88. The summed E-state index contributed by atoms with van der Waals surface area (Å²) < 4.78 is 13.1. The van der Waals surface area contributed by atoms with E-state index in [4.69, 9.17) is 9.26 Å². The van der Waals surface area contributed by atoms with E-state index in [9.17, 15) is 29.2 Å². The monoisotopic (exact) mass is 972 g/mol. The highest BCUT2D eigenvalue weighted by Gasteiger charge is 2.40. The minimum Gasteiger partial charge on any atom is -0.451 e. The molecular weight excluding hydrogens is 895 g/mol. The molecule has 6 amide bonds. The summed E-state index contributed by atoms with van der Waals surface area (Å²) in [6, 6.07) is 4.45. The van der Waals surface area contributed by atoms with Gasteiger partial charge in [-0.25, -0.2) is 4.79 Å². The van der Waals surface area contributed by atoms with Crippen LogP contribution in [0.3, 0.4) is 0 Å². The molecule has 1 aliphatic heterocycles. The Balaban J connectivity index is 1.92. The Hall–Kier alpha value is -6.25. The Kier molecular flexibility index (Phi) is 20.6. The van der Waals surface area contributed by atoms with Crippen molar-refractivity contribution in [2.75, 3.05) is 21.1 Å². The number of benzene rings is 1. The van der Waals surface area contributed by atoms with Gasteiger partial charge in [0.05, 0.1) is 12.6 Å². The number of likely N-dealkylation sites (N-methyl/N-ethyl adjacent to an activating group) is 3. The van der Waals surface area contributed by atoms with Crippen LogP contribution < -0.4 is 16.0 Å². The summed E-state index contributed by atoms with van der Waals surface area (Å²) in [7, 11) is 4.40. The first-order valence-corrected chi connectivity index (χ1v) is 24.7. The van der Waals surface area contributed by atoms with Crippen LogP contribution in [0.5, 0.6) is 0 Å². The van der Waals surface area contributed by atoms with Crippen LogP contribution in [0.25, 0.3) is 10.9 Å². The molecule has 1 aromatic carbocycles. The quantitative estimate of drug-likeness (QED) is 0.166. The van der Waals surface area contributed by atoms with E-state index in [0.717, 1.165) is 21.4 Å². The molecule has 3 aromatic rings. The first-order chi connectivity index (χ1) is 32.9. The fraction of sp³-hybridized carbons (Fsp3) is 0.635. The van der Waals surface area contributed by atoms with Crippen LogP contribution >= 0.6 is 0 Å². The molecule has 70 heavy (non-hydrogen) atoms. The molecule has 1 fully saturated rings. The van der Waals surface area contributed by atoms with Crippen molar-refractivity contribution in [3.8, 4) is 6.07 Å². The Morgan fingerprint density at radius 2 is 1.24 bits per heavy atom. The number of carbonyl (C=O) groups is 7. The Labute approximate surface area is 413 Å². The van der Waals surface area contributed by atoms with Crippen LogP contribution in [-0.2, 0) is 51.3 Å². The minimum atomic E-state index is -1.50. The molecule has 384 valence electrons. The second-order valence-corrected chi connectivity index (χ2v) is 20.7. The number of ether oxygens (including phenoxy) is 1. The van der Waals surface area contributed by atoms with Crippen molar-refractivity contribution in [2.45, 2.75) is 170 Å². The molecule has 1 aliphatic rings. The summed E-state index contributed by atoms with van der Waals surface area (Å²) in [5.41, 5.74) is 2.27. The Morgan fingerprint density at radius 1 is 0.700 bits per heavy atom. The van der Waals surface area contributed by atoms with Crippen LogP contribution in [0, 0.1) is 41.9 Å². The predicted molar refractivity (Wildman–Crippen MR) is 264 cm³/mol. The van der Waals surface area contributed by atoms with Crippen LogP contribution in [0.2, 0.25) is 0 Å². The number of aryl methyl sites for hydroxylation is 1. The number of hydrogen-bond acceptors (Lipinski definition) is 11. The first kappa shape index (κ1) is 56.3. The highest BCUT2D eigenvalue weighted by atomic mass is 16.5. The van der Waals surface area contributed by atoms with E-state index in [1.807, 2.05) is 109 Å². The molecule has 0 aliphatic carbocycles. The lowest BCUT2D eigenvalue weighted by Gasteiger charge is -2.35. The van der Waals surface area contributed by atoms with Gasteiger partial charge in [-0.15, -0.1) is 0 Å². The van der Waals surface area contributed by atoms with E-state index < -0.39 is 83.8 Å². The molecule has 2 aromatic heterocycles. The summed E-state index contributed by atoms with van der Waals surface area (Å²) in [6.45, 7) is 18.9. The maximum Gasteiger partial charge on any atom is 0.329 e. The fourth-order valence-electron chi connectivity index (χ4n) is 8.80. The van der Waals surface area contributed by atoms with Crippen LogP contribution in [0.15, 0.2) is 41.1 Å². The summed E-state index contributed by atoms with van der Waals surface area (Å²) in [4.78, 5) is 106. The number of para-hydroxylation sites is 1. The maximum atomic E-state index is 15.2. The van der Waals surface area contributed by atoms with E-state index in [-0.39, 0.29) is 68.6 Å². The zero-order chi connectivity index (χ0) is 52.1. The third-order valence-electron chi connectivity index (χ3n) is 12.9. The van der Waals surface area contributed by atoms with Gasteiger partial charge in [-0.05, 0) is 81.3 Å². The molecule has 3 heterocycles. The third-order valence-corrected chi connectivity index (χ3v) is 12.9. The summed E-state index contributed by atoms with van der Waals surface area (Å²) in [5.74, 6) is -4.28. The zero-order valence-corrected chi connectivity index (χ0v) is 43.5. The lowest BCUT2D eigenvalue weighted by atomic mass is 9.96. The molecule has 18 heteroatoms. The van der Waals surface area contributed by atoms with Gasteiger partial charge in [-0.3, -0.25) is 28.8 Å². The molecular formula is C52H77N9O9. The van der Waals surface area contributed by atoms with Gasteiger partial charge in [0, 0.05) is 63.6 Å². The summed E-state index contributed by atoms with van der Waals surface area (Å²) in [6.07, 6.45) is 1.33. The van der Waals surface area contributed by atoms with Gasteiger partial charge in [-0.2, -0.15) is 5.26 Å². The molecule has 4 rings (SSSR count). The number of fused-ring (bicyclic) bond motifs is 1. The second kappa shape index (κ2) is 25.6. The van der Waals surface area contributed by atoms with Crippen molar-refractivity contribution in [1.29, 1.82) is 5.26 Å². The van der Waals surface area contributed by atoms with E-state index in [0.29, 0.717) is 24.4 Å². The van der Waals surface area contributed by atoms with Gasteiger partial charge in [0.2, 0.25) is 29.5 Å². The van der Waals surface area contributed by atoms with Crippen molar-refractivity contribution in [3.63, 3.8) is 0 Å². The van der Waals surface area contributed by atoms with E-state index in [1.54, 1.807) is 0 Å². The highest BCUT2D eigenvalue weighted by Crippen LogP contribution is 2.26. The summed E-state index contributed by atoms with van der Waals surface area (Å²) in [5, 5.41) is 23.2. The van der Waals surface area contributed by atoms with Gasteiger partial charge >= 0.3 is 5.97 Å². The molecule has 0 saturated carbocycles. The molecule has 7 atom stereocenters. The topological polar surface area (TPSA) is 229 Å². The number of aromatic nitrogens is 2. The molecule has 1 saturated heterocycles. The van der Waals surface area contributed by atoms with Crippen molar-refractivity contribution >= 4 is 52.3 Å². The SMILES string of the molecule is Cc1cc(Cn2cc(C[C@H]3C(=O)N[C@@H](CC(C)C)C(=O)N(C)[C@@H](C)C(=O)O[C@H](CCC#N)C(=O)N[C@@H](CC(C)C)C(=O)N(C)[C@@H](CC(C)C)C(=O)N[C@@H](CCC(C)C)C(=O)N3C)c3ccccc32)no1. The normalized spacial score (nSPS) is 23.2. The average molecular weight is 972 g/mol. The molecule has 0 bridgehead atoms. The number of hydrogen-bond donors (Lipinski definition) is 3.